The fraction of sp³-hybridized carbons (Fsp3) is 0.105. The minimum Gasteiger partial charge on any atom is -0.307 e. The van der Waals surface area contributed by atoms with E-state index in [2.05, 4.69) is 15.3 Å². The van der Waals surface area contributed by atoms with Gasteiger partial charge in [-0.1, -0.05) is 12.1 Å². The number of alkyl halides is 6. The first-order valence-corrected chi connectivity index (χ1v) is 8.02. The van der Waals surface area contributed by atoms with Crippen molar-refractivity contribution in [3.63, 3.8) is 0 Å². The number of halogens is 6. The molecular formula is C19H11F6N3O. The zero-order valence-electron chi connectivity index (χ0n) is 14.3. The van der Waals surface area contributed by atoms with E-state index in [4.69, 9.17) is 0 Å². The monoisotopic (exact) mass is 411 g/mol. The SMILES string of the molecule is O=C(Nc1ccc(C(F)(F)F)cn1)c1ccc(-c2cc(C(F)(F)F)ccn2)cc1. The van der Waals surface area contributed by atoms with E-state index in [9.17, 15) is 31.1 Å². The zero-order valence-corrected chi connectivity index (χ0v) is 14.3. The van der Waals surface area contributed by atoms with Crippen LogP contribution in [-0.4, -0.2) is 15.9 Å². The maximum absolute atomic E-state index is 12.8. The number of carbonyl (C=O) groups excluding carboxylic acids is 1. The van der Waals surface area contributed by atoms with Crippen LogP contribution in [-0.2, 0) is 12.4 Å². The van der Waals surface area contributed by atoms with Gasteiger partial charge < -0.3 is 5.32 Å². The number of anilines is 1. The molecule has 10 heteroatoms. The number of nitrogens with one attached hydrogen (secondary N) is 1. The number of nitrogens with zero attached hydrogens (tertiary/aromatic N) is 2. The van der Waals surface area contributed by atoms with Crippen LogP contribution in [0, 0.1) is 0 Å². The standard InChI is InChI=1S/C19H11F6N3O/c20-18(21,22)13-7-8-26-15(9-13)11-1-3-12(4-2-11)17(29)28-16-6-5-14(10-27-16)19(23,24)25/h1-10H,(H,27,28,29). The average Bonchev–Trinajstić information content (AvgIpc) is 2.67. The maximum Gasteiger partial charge on any atom is 0.417 e. The van der Waals surface area contributed by atoms with Crippen molar-refractivity contribution in [3.8, 4) is 11.3 Å². The molecular weight excluding hydrogens is 400 g/mol. The first kappa shape index (κ1) is 20.3. The second-order valence-corrected chi connectivity index (χ2v) is 5.89. The Hall–Kier alpha value is -3.43. The van der Waals surface area contributed by atoms with E-state index in [-0.39, 0.29) is 17.1 Å². The summed E-state index contributed by atoms with van der Waals surface area (Å²) in [4.78, 5) is 19.6. The van der Waals surface area contributed by atoms with Gasteiger partial charge in [-0.25, -0.2) is 4.98 Å². The molecule has 0 aliphatic heterocycles. The van der Waals surface area contributed by atoms with E-state index in [0.29, 0.717) is 11.8 Å². The summed E-state index contributed by atoms with van der Waals surface area (Å²) in [6.07, 6.45) is -7.41. The summed E-state index contributed by atoms with van der Waals surface area (Å²) in [6.45, 7) is 0. The van der Waals surface area contributed by atoms with Crippen LogP contribution < -0.4 is 5.32 Å². The number of hydrogen-bond acceptors (Lipinski definition) is 3. The smallest absolute Gasteiger partial charge is 0.307 e. The number of pyridine rings is 2. The lowest BCUT2D eigenvalue weighted by Gasteiger charge is -2.09. The van der Waals surface area contributed by atoms with Crippen LogP contribution in [0.2, 0.25) is 0 Å². The van der Waals surface area contributed by atoms with Crippen LogP contribution in [0.4, 0.5) is 32.2 Å². The lowest BCUT2D eigenvalue weighted by molar-refractivity contribution is -0.138. The Morgan fingerprint density at radius 2 is 1.45 bits per heavy atom. The van der Waals surface area contributed by atoms with Gasteiger partial charge in [0.25, 0.3) is 5.91 Å². The van der Waals surface area contributed by atoms with Crippen molar-refractivity contribution in [2.75, 3.05) is 5.32 Å². The number of amides is 1. The minimum absolute atomic E-state index is 0.0772. The molecule has 1 aromatic carbocycles. The van der Waals surface area contributed by atoms with Crippen molar-refractivity contribution < 1.29 is 31.1 Å². The lowest BCUT2D eigenvalue weighted by atomic mass is 10.1. The van der Waals surface area contributed by atoms with Crippen LogP contribution in [0.15, 0.2) is 60.9 Å². The first-order chi connectivity index (χ1) is 13.5. The molecule has 2 heterocycles. The van der Waals surface area contributed by atoms with Gasteiger partial charge in [0.1, 0.15) is 5.82 Å². The topological polar surface area (TPSA) is 54.9 Å². The van der Waals surface area contributed by atoms with Gasteiger partial charge in [-0.05, 0) is 36.4 Å². The Kier molecular flexibility index (Phi) is 5.27. The van der Waals surface area contributed by atoms with Gasteiger partial charge in [-0.15, -0.1) is 0 Å². The molecule has 0 aliphatic carbocycles. The van der Waals surface area contributed by atoms with Gasteiger partial charge in [-0.2, -0.15) is 26.3 Å². The van der Waals surface area contributed by atoms with Crippen LogP contribution in [0.1, 0.15) is 21.5 Å². The second-order valence-electron chi connectivity index (χ2n) is 5.89. The summed E-state index contributed by atoms with van der Waals surface area (Å²) < 4.78 is 76.0. The normalized spacial score (nSPS) is 11.9. The summed E-state index contributed by atoms with van der Waals surface area (Å²) in [5, 5.41) is 2.34. The second kappa shape index (κ2) is 7.53. The number of carbonyl (C=O) groups is 1. The predicted molar refractivity (Wildman–Crippen MR) is 91.9 cm³/mol. The van der Waals surface area contributed by atoms with Gasteiger partial charge in [0, 0.05) is 23.5 Å². The van der Waals surface area contributed by atoms with Crippen LogP contribution >= 0.6 is 0 Å². The van der Waals surface area contributed by atoms with E-state index < -0.39 is 29.4 Å². The molecule has 150 valence electrons. The van der Waals surface area contributed by atoms with E-state index in [1.165, 1.54) is 24.3 Å². The van der Waals surface area contributed by atoms with Gasteiger partial charge in [0.05, 0.1) is 16.8 Å². The van der Waals surface area contributed by atoms with Gasteiger partial charge in [0.2, 0.25) is 0 Å². The van der Waals surface area contributed by atoms with E-state index in [0.717, 1.165) is 30.5 Å². The van der Waals surface area contributed by atoms with Crippen molar-refractivity contribution in [2.24, 2.45) is 0 Å². The summed E-state index contributed by atoms with van der Waals surface area (Å²) >= 11 is 0. The molecule has 0 fully saturated rings. The maximum atomic E-state index is 12.8. The van der Waals surface area contributed by atoms with Crippen LogP contribution in [0.25, 0.3) is 11.3 Å². The highest BCUT2D eigenvalue weighted by Gasteiger charge is 2.31. The molecule has 0 saturated carbocycles. The minimum atomic E-state index is -4.54. The highest BCUT2D eigenvalue weighted by atomic mass is 19.4. The van der Waals surface area contributed by atoms with Crippen molar-refractivity contribution >= 4 is 11.7 Å². The average molecular weight is 411 g/mol. The molecule has 0 unspecified atom stereocenters. The van der Waals surface area contributed by atoms with Gasteiger partial charge in [-0.3, -0.25) is 9.78 Å². The van der Waals surface area contributed by atoms with Crippen LogP contribution in [0.3, 0.4) is 0 Å². The molecule has 4 nitrogen and oxygen atoms in total. The Balaban J connectivity index is 1.74. The fourth-order valence-electron chi connectivity index (χ4n) is 2.38. The molecule has 0 aliphatic rings. The summed E-state index contributed by atoms with van der Waals surface area (Å²) in [7, 11) is 0. The van der Waals surface area contributed by atoms with E-state index >= 15 is 0 Å². The molecule has 2 aromatic heterocycles. The third-order valence-corrected chi connectivity index (χ3v) is 3.86. The fourth-order valence-corrected chi connectivity index (χ4v) is 2.38. The lowest BCUT2D eigenvalue weighted by Crippen LogP contribution is -2.13. The molecule has 1 amide bonds. The van der Waals surface area contributed by atoms with E-state index in [1.807, 2.05) is 0 Å². The number of hydrogen-bond donors (Lipinski definition) is 1. The highest BCUT2D eigenvalue weighted by Crippen LogP contribution is 2.31. The molecule has 0 saturated heterocycles. The Morgan fingerprint density at radius 3 is 2.00 bits per heavy atom. The van der Waals surface area contributed by atoms with Crippen molar-refractivity contribution in [2.45, 2.75) is 12.4 Å². The molecule has 29 heavy (non-hydrogen) atoms. The largest absolute Gasteiger partial charge is 0.417 e. The van der Waals surface area contributed by atoms with E-state index in [1.54, 1.807) is 0 Å². The number of benzene rings is 1. The Bertz CT molecular complexity index is 1010. The summed E-state index contributed by atoms with van der Waals surface area (Å²) in [5.41, 5.74) is -1.22. The Labute approximate surface area is 160 Å². The Morgan fingerprint density at radius 1 is 0.793 bits per heavy atom. The quantitative estimate of drug-likeness (QED) is 0.585. The zero-order chi connectivity index (χ0) is 21.2. The highest BCUT2D eigenvalue weighted by molar-refractivity contribution is 6.04. The summed E-state index contributed by atoms with van der Waals surface area (Å²) in [6, 6.07) is 9.08. The van der Waals surface area contributed by atoms with Gasteiger partial charge in [0.15, 0.2) is 0 Å². The molecule has 1 N–H and O–H groups in total. The molecule has 3 aromatic rings. The predicted octanol–water partition coefficient (Wildman–Crippen LogP) is 5.43. The summed E-state index contributed by atoms with van der Waals surface area (Å²) in [5.74, 6) is -0.715. The molecule has 0 atom stereocenters. The number of rotatable bonds is 3. The van der Waals surface area contributed by atoms with Gasteiger partial charge >= 0.3 is 12.4 Å². The molecule has 0 radical (unpaired) electrons. The third kappa shape index (κ3) is 4.89. The molecule has 0 bridgehead atoms. The molecule has 3 rings (SSSR count). The first-order valence-electron chi connectivity index (χ1n) is 8.02. The number of aromatic nitrogens is 2. The van der Waals surface area contributed by atoms with Crippen molar-refractivity contribution in [1.29, 1.82) is 0 Å². The molecule has 0 spiro atoms. The van der Waals surface area contributed by atoms with Crippen molar-refractivity contribution in [3.05, 3.63) is 77.6 Å². The van der Waals surface area contributed by atoms with Crippen molar-refractivity contribution in [1.82, 2.24) is 9.97 Å². The third-order valence-electron chi connectivity index (χ3n) is 3.86. The van der Waals surface area contributed by atoms with Crippen LogP contribution in [0.5, 0.6) is 0 Å².